The number of nitrogens with one attached hydrogen (secondary N) is 1. The summed E-state index contributed by atoms with van der Waals surface area (Å²) >= 11 is 0. The highest BCUT2D eigenvalue weighted by molar-refractivity contribution is 7.93. The number of hydrogen-bond acceptors (Lipinski definition) is 5. The van der Waals surface area contributed by atoms with Crippen molar-refractivity contribution in [2.75, 3.05) is 12.3 Å². The Bertz CT molecular complexity index is 1150. The molecule has 0 bridgehead atoms. The number of allylic oxidation sites excluding steroid dienone is 1. The molecule has 0 heterocycles. The Kier molecular flexibility index (Phi) is 7.45. The average Bonchev–Trinajstić information content (AvgIpc) is 2.71. The Morgan fingerprint density at radius 1 is 1.00 bits per heavy atom. The van der Waals surface area contributed by atoms with E-state index in [1.807, 2.05) is 0 Å². The molecule has 10 heteroatoms. The van der Waals surface area contributed by atoms with Crippen molar-refractivity contribution in [3.8, 4) is 5.75 Å². The third kappa shape index (κ3) is 6.84. The van der Waals surface area contributed by atoms with Crippen molar-refractivity contribution < 1.29 is 30.4 Å². The van der Waals surface area contributed by atoms with Crippen molar-refractivity contribution >= 4 is 25.9 Å². The van der Waals surface area contributed by atoms with Crippen LogP contribution >= 0.6 is 0 Å². The van der Waals surface area contributed by atoms with E-state index in [2.05, 4.69) is 9.46 Å². The van der Waals surface area contributed by atoms with E-state index in [0.717, 1.165) is 5.56 Å². The van der Waals surface area contributed by atoms with E-state index < -0.39 is 26.5 Å². The van der Waals surface area contributed by atoms with Gasteiger partial charge < -0.3 is 4.74 Å². The molecule has 0 unspecified atom stereocenters. The monoisotopic (exact) mass is 471 g/mol. The summed E-state index contributed by atoms with van der Waals surface area (Å²) in [6.07, 6.45) is 2.24. The molecule has 0 saturated carbocycles. The van der Waals surface area contributed by atoms with Crippen LogP contribution in [0.4, 0.5) is 8.78 Å². The minimum absolute atomic E-state index is 0.00170. The van der Waals surface area contributed by atoms with Crippen LogP contribution in [-0.2, 0) is 32.0 Å². The van der Waals surface area contributed by atoms with Crippen LogP contribution in [0.15, 0.2) is 53.4 Å². The molecule has 31 heavy (non-hydrogen) atoms. The lowest BCUT2D eigenvalue weighted by molar-refractivity contribution is -0.0498. The molecule has 3 rings (SSSR count). The summed E-state index contributed by atoms with van der Waals surface area (Å²) in [6, 6.07) is 13.2. The second kappa shape index (κ2) is 9.88. The summed E-state index contributed by atoms with van der Waals surface area (Å²) < 4.78 is 81.1. The third-order valence-electron chi connectivity index (χ3n) is 4.80. The first kappa shape index (κ1) is 23.4. The van der Waals surface area contributed by atoms with Gasteiger partial charge in [-0.25, -0.2) is 21.6 Å². The van der Waals surface area contributed by atoms with Gasteiger partial charge in [0.05, 0.1) is 16.4 Å². The fourth-order valence-electron chi connectivity index (χ4n) is 3.32. The van der Waals surface area contributed by atoms with Crippen molar-refractivity contribution in [3.05, 3.63) is 70.1 Å². The predicted octanol–water partition coefficient (Wildman–Crippen LogP) is 3.50. The molecule has 1 N–H and O–H groups in total. The molecule has 1 aliphatic carbocycles. The zero-order chi connectivity index (χ0) is 22.5. The molecule has 2 aromatic carbocycles. The molecule has 0 saturated heterocycles. The van der Waals surface area contributed by atoms with Gasteiger partial charge in [-0.05, 0) is 54.2 Å². The van der Waals surface area contributed by atoms with Crippen LogP contribution in [0.2, 0.25) is 0 Å². The van der Waals surface area contributed by atoms with Crippen molar-refractivity contribution in [1.29, 1.82) is 0 Å². The predicted molar refractivity (Wildman–Crippen MR) is 115 cm³/mol. The maximum Gasteiger partial charge on any atom is 0.387 e. The molecule has 0 amide bonds. The van der Waals surface area contributed by atoms with Crippen molar-refractivity contribution in [1.82, 2.24) is 4.72 Å². The SMILES string of the molecule is O=S(=O)(CCCNS(=O)(=O)C1=Cc2ccc(OC(F)F)cc2CC1)Cc1ccccc1. The first-order chi connectivity index (χ1) is 14.6. The highest BCUT2D eigenvalue weighted by atomic mass is 32.2. The number of halogens is 2. The van der Waals surface area contributed by atoms with E-state index >= 15 is 0 Å². The van der Waals surface area contributed by atoms with Crippen LogP contribution < -0.4 is 9.46 Å². The zero-order valence-electron chi connectivity index (χ0n) is 16.6. The zero-order valence-corrected chi connectivity index (χ0v) is 18.3. The number of sulfonamides is 1. The fraction of sp³-hybridized carbons (Fsp3) is 0.333. The van der Waals surface area contributed by atoms with Gasteiger partial charge in [-0.2, -0.15) is 8.78 Å². The van der Waals surface area contributed by atoms with E-state index in [0.29, 0.717) is 17.5 Å². The van der Waals surface area contributed by atoms with Gasteiger partial charge in [0.15, 0.2) is 9.84 Å². The number of sulfone groups is 1. The number of benzene rings is 2. The van der Waals surface area contributed by atoms with Crippen molar-refractivity contribution in [2.24, 2.45) is 0 Å². The lowest BCUT2D eigenvalue weighted by atomic mass is 9.97. The highest BCUT2D eigenvalue weighted by Gasteiger charge is 2.22. The second-order valence-corrected chi connectivity index (χ2v) is 11.2. The lowest BCUT2D eigenvalue weighted by Crippen LogP contribution is -2.28. The summed E-state index contributed by atoms with van der Waals surface area (Å²) in [5, 5.41) is 0. The Morgan fingerprint density at radius 2 is 1.74 bits per heavy atom. The fourth-order valence-corrected chi connectivity index (χ4v) is 6.00. The molecular formula is C21H23F2NO5S2. The quantitative estimate of drug-likeness (QED) is 0.536. The van der Waals surface area contributed by atoms with E-state index in [-0.39, 0.29) is 41.5 Å². The van der Waals surface area contributed by atoms with E-state index in [1.54, 1.807) is 30.3 Å². The average molecular weight is 472 g/mol. The number of aryl methyl sites for hydroxylation is 1. The molecule has 0 atom stereocenters. The summed E-state index contributed by atoms with van der Waals surface area (Å²) in [4.78, 5) is 0.176. The molecule has 6 nitrogen and oxygen atoms in total. The van der Waals surface area contributed by atoms with Gasteiger partial charge in [-0.3, -0.25) is 0 Å². The first-order valence-corrected chi connectivity index (χ1v) is 13.0. The Morgan fingerprint density at radius 3 is 2.45 bits per heavy atom. The second-order valence-electron chi connectivity index (χ2n) is 7.18. The minimum Gasteiger partial charge on any atom is -0.435 e. The van der Waals surface area contributed by atoms with Crippen LogP contribution in [0.5, 0.6) is 5.75 Å². The van der Waals surface area contributed by atoms with Gasteiger partial charge in [0.25, 0.3) is 0 Å². The van der Waals surface area contributed by atoms with Crippen LogP contribution in [-0.4, -0.2) is 35.7 Å². The number of hydrogen-bond donors (Lipinski definition) is 1. The third-order valence-corrected chi connectivity index (χ3v) is 8.08. The van der Waals surface area contributed by atoms with E-state index in [4.69, 9.17) is 0 Å². The Labute approximate surface area is 180 Å². The van der Waals surface area contributed by atoms with Gasteiger partial charge in [-0.15, -0.1) is 0 Å². The number of fused-ring (bicyclic) bond motifs is 1. The largest absolute Gasteiger partial charge is 0.435 e. The van der Waals surface area contributed by atoms with Crippen LogP contribution in [0.25, 0.3) is 6.08 Å². The van der Waals surface area contributed by atoms with E-state index in [1.165, 1.54) is 24.3 Å². The summed E-state index contributed by atoms with van der Waals surface area (Å²) in [7, 11) is -7.11. The highest BCUT2D eigenvalue weighted by Crippen LogP contribution is 2.30. The molecule has 0 fully saturated rings. The van der Waals surface area contributed by atoms with Gasteiger partial charge in [0, 0.05) is 6.54 Å². The lowest BCUT2D eigenvalue weighted by Gasteiger charge is -2.18. The maximum atomic E-state index is 12.6. The van der Waals surface area contributed by atoms with E-state index in [9.17, 15) is 25.6 Å². The van der Waals surface area contributed by atoms with Crippen LogP contribution in [0, 0.1) is 0 Å². The normalized spacial score (nSPS) is 14.2. The van der Waals surface area contributed by atoms with Gasteiger partial charge in [0.1, 0.15) is 5.75 Å². The Hall–Kier alpha value is -2.30. The summed E-state index contributed by atoms with van der Waals surface area (Å²) in [6.45, 7) is -2.92. The summed E-state index contributed by atoms with van der Waals surface area (Å²) in [5.41, 5.74) is 2.04. The smallest absolute Gasteiger partial charge is 0.387 e. The van der Waals surface area contributed by atoms with Crippen molar-refractivity contribution in [3.63, 3.8) is 0 Å². The molecule has 0 aromatic heterocycles. The topological polar surface area (TPSA) is 89.5 Å². The molecule has 2 aromatic rings. The van der Waals surface area contributed by atoms with Crippen LogP contribution in [0.3, 0.4) is 0 Å². The van der Waals surface area contributed by atoms with Gasteiger partial charge >= 0.3 is 6.61 Å². The standard InChI is InChI=1S/C21H23F2NO5S2/c22-21(23)29-19-9-7-18-14-20(10-8-17(18)13-19)31(27,28)24-11-4-12-30(25,26)15-16-5-2-1-3-6-16/h1-3,5-7,9,13-14,21,24H,4,8,10-12,15H2. The number of alkyl halides is 2. The number of ether oxygens (including phenoxy) is 1. The molecule has 1 aliphatic rings. The molecule has 0 spiro atoms. The van der Waals surface area contributed by atoms with Gasteiger partial charge in [0.2, 0.25) is 10.0 Å². The van der Waals surface area contributed by atoms with Gasteiger partial charge in [-0.1, -0.05) is 36.4 Å². The molecule has 0 radical (unpaired) electrons. The minimum atomic E-state index is -3.77. The maximum absolute atomic E-state index is 12.6. The molecule has 0 aliphatic heterocycles. The summed E-state index contributed by atoms with van der Waals surface area (Å²) in [5.74, 6) is -0.178. The van der Waals surface area contributed by atoms with Crippen LogP contribution in [0.1, 0.15) is 29.5 Å². The first-order valence-electron chi connectivity index (χ1n) is 9.67. The Balaban J connectivity index is 1.56. The molecular weight excluding hydrogens is 448 g/mol. The van der Waals surface area contributed by atoms with Crippen molar-refractivity contribution in [2.45, 2.75) is 31.6 Å². The molecule has 168 valence electrons. The number of rotatable bonds is 10.